The highest BCUT2D eigenvalue weighted by molar-refractivity contribution is 9.10. The van der Waals surface area contributed by atoms with Crippen LogP contribution in [0.4, 0.5) is 5.69 Å². The molecule has 4 aromatic rings. The monoisotopic (exact) mass is 705 g/mol. The van der Waals surface area contributed by atoms with E-state index in [0.717, 1.165) is 19.9 Å². The number of halogens is 1. The van der Waals surface area contributed by atoms with E-state index in [-0.39, 0.29) is 23.8 Å². The lowest BCUT2D eigenvalue weighted by Gasteiger charge is -2.35. The summed E-state index contributed by atoms with van der Waals surface area (Å²) in [5.74, 6) is -0.282. The van der Waals surface area contributed by atoms with Gasteiger partial charge in [0.15, 0.2) is 0 Å². The molecule has 0 heterocycles. The van der Waals surface area contributed by atoms with E-state index in [1.165, 1.54) is 17.0 Å². The first-order valence-corrected chi connectivity index (χ1v) is 17.3. The largest absolute Gasteiger partial charge is 0.494 e. The van der Waals surface area contributed by atoms with Crippen LogP contribution in [0.1, 0.15) is 38.8 Å². The molecule has 2 amide bonds. The maximum Gasteiger partial charge on any atom is 0.264 e. The number of nitrogens with one attached hydrogen (secondary N) is 1. The van der Waals surface area contributed by atoms with Gasteiger partial charge in [0, 0.05) is 23.0 Å². The smallest absolute Gasteiger partial charge is 0.264 e. The Labute approximate surface area is 280 Å². The van der Waals surface area contributed by atoms with Crippen LogP contribution in [-0.4, -0.2) is 49.9 Å². The van der Waals surface area contributed by atoms with Crippen LogP contribution in [0.5, 0.6) is 5.75 Å². The fourth-order valence-electron chi connectivity index (χ4n) is 4.92. The number of benzene rings is 4. The van der Waals surface area contributed by atoms with Crippen molar-refractivity contribution in [2.24, 2.45) is 0 Å². The lowest BCUT2D eigenvalue weighted by molar-refractivity contribution is -0.140. The quantitative estimate of drug-likeness (QED) is 0.169. The zero-order valence-electron chi connectivity index (χ0n) is 26.5. The Kier molecular flexibility index (Phi) is 11.6. The van der Waals surface area contributed by atoms with Crippen molar-refractivity contribution >= 4 is 43.5 Å². The average molecular weight is 707 g/mol. The number of anilines is 1. The number of hydrogen-bond acceptors (Lipinski definition) is 5. The van der Waals surface area contributed by atoms with Crippen molar-refractivity contribution in [1.82, 2.24) is 10.2 Å². The fourth-order valence-corrected chi connectivity index (χ4v) is 6.62. The summed E-state index contributed by atoms with van der Waals surface area (Å²) in [6.07, 6.45) is 0.236. The highest BCUT2D eigenvalue weighted by Gasteiger charge is 2.35. The molecule has 1 atom stereocenters. The summed E-state index contributed by atoms with van der Waals surface area (Å²) in [6.45, 7) is 7.51. The Morgan fingerprint density at radius 3 is 1.98 bits per heavy atom. The second kappa shape index (κ2) is 15.4. The molecule has 0 aromatic heterocycles. The van der Waals surface area contributed by atoms with Crippen LogP contribution < -0.4 is 14.4 Å². The van der Waals surface area contributed by atoms with Crippen molar-refractivity contribution in [2.75, 3.05) is 17.5 Å². The molecule has 1 N–H and O–H groups in total. The van der Waals surface area contributed by atoms with Gasteiger partial charge in [0.2, 0.25) is 11.8 Å². The first-order valence-electron chi connectivity index (χ1n) is 15.1. The summed E-state index contributed by atoms with van der Waals surface area (Å²) < 4.78 is 35.8. The van der Waals surface area contributed by atoms with E-state index in [1.54, 1.807) is 42.5 Å². The molecule has 0 spiro atoms. The number of ether oxygens (including phenoxy) is 1. The first-order chi connectivity index (χ1) is 21.9. The van der Waals surface area contributed by atoms with Gasteiger partial charge in [-0.25, -0.2) is 8.42 Å². The summed E-state index contributed by atoms with van der Waals surface area (Å²) in [4.78, 5) is 30.1. The molecular formula is C36H40BrN3O5S. The third kappa shape index (κ3) is 9.43. The Morgan fingerprint density at radius 1 is 0.826 bits per heavy atom. The maximum absolute atomic E-state index is 14.6. The van der Waals surface area contributed by atoms with Crippen molar-refractivity contribution in [3.63, 3.8) is 0 Å². The van der Waals surface area contributed by atoms with E-state index in [9.17, 15) is 18.0 Å². The minimum Gasteiger partial charge on any atom is -0.494 e. The summed E-state index contributed by atoms with van der Waals surface area (Å²) in [7, 11) is -4.18. The lowest BCUT2D eigenvalue weighted by atomic mass is 10.0. The summed E-state index contributed by atoms with van der Waals surface area (Å²) >= 11 is 3.46. The van der Waals surface area contributed by atoms with Crippen molar-refractivity contribution < 1.29 is 22.7 Å². The zero-order chi connectivity index (χ0) is 33.3. The summed E-state index contributed by atoms with van der Waals surface area (Å²) in [6, 6.07) is 30.6. The molecule has 0 aliphatic carbocycles. The Hall–Kier alpha value is -4.15. The van der Waals surface area contributed by atoms with E-state index in [4.69, 9.17) is 4.74 Å². The van der Waals surface area contributed by atoms with Crippen LogP contribution in [0.25, 0.3) is 0 Å². The third-order valence-corrected chi connectivity index (χ3v) is 9.40. The normalized spacial score (nSPS) is 12.2. The standard InChI is InChI=1S/C36H40BrN3O5S/c1-5-45-31-22-20-30(21-23-31)40(46(43,44)32-14-10-7-11-15-32)26-34(41)39(25-28-16-18-29(37)19-17-28)33(35(42)38-36(2,3)4)24-27-12-8-6-9-13-27/h6-23,33H,5,24-26H2,1-4H3,(H,38,42). The molecule has 8 nitrogen and oxygen atoms in total. The number of hydrogen-bond donors (Lipinski definition) is 1. The highest BCUT2D eigenvalue weighted by atomic mass is 79.9. The van der Waals surface area contributed by atoms with Gasteiger partial charge in [0.1, 0.15) is 18.3 Å². The Balaban J connectivity index is 1.80. The number of rotatable bonds is 13. The van der Waals surface area contributed by atoms with E-state index in [1.807, 2.05) is 82.3 Å². The molecule has 10 heteroatoms. The van der Waals surface area contributed by atoms with Crippen LogP contribution in [0.2, 0.25) is 0 Å². The second-order valence-corrected chi connectivity index (χ2v) is 14.6. The number of nitrogens with zero attached hydrogens (tertiary/aromatic N) is 2. The third-order valence-electron chi connectivity index (χ3n) is 7.08. The molecule has 4 aromatic carbocycles. The van der Waals surface area contributed by atoms with Gasteiger partial charge in [0.05, 0.1) is 17.2 Å². The molecular weight excluding hydrogens is 666 g/mol. The number of carbonyl (C=O) groups is 2. The van der Waals surface area contributed by atoms with E-state index >= 15 is 0 Å². The molecule has 242 valence electrons. The molecule has 0 saturated carbocycles. The van der Waals surface area contributed by atoms with Crippen LogP contribution in [0.3, 0.4) is 0 Å². The SMILES string of the molecule is CCOc1ccc(N(CC(=O)N(Cc2ccc(Br)cc2)C(Cc2ccccc2)C(=O)NC(C)(C)C)S(=O)(=O)c2ccccc2)cc1. The van der Waals surface area contributed by atoms with Crippen LogP contribution >= 0.6 is 15.9 Å². The van der Waals surface area contributed by atoms with Crippen LogP contribution in [0, 0.1) is 0 Å². The lowest BCUT2D eigenvalue weighted by Crippen LogP contribution is -2.56. The van der Waals surface area contributed by atoms with Crippen LogP contribution in [0.15, 0.2) is 119 Å². The molecule has 0 radical (unpaired) electrons. The minimum absolute atomic E-state index is 0.0439. The van der Waals surface area contributed by atoms with Crippen molar-refractivity contribution in [3.05, 3.63) is 125 Å². The maximum atomic E-state index is 14.6. The molecule has 0 aliphatic rings. The van der Waals surface area contributed by atoms with Gasteiger partial charge in [-0.05, 0) is 87.4 Å². The molecule has 0 bridgehead atoms. The van der Waals surface area contributed by atoms with Gasteiger partial charge >= 0.3 is 0 Å². The summed E-state index contributed by atoms with van der Waals surface area (Å²) in [5.41, 5.74) is 1.38. The van der Waals surface area contributed by atoms with Gasteiger partial charge in [-0.2, -0.15) is 0 Å². The molecule has 1 unspecified atom stereocenters. The van der Waals surface area contributed by atoms with E-state index in [2.05, 4.69) is 21.2 Å². The number of carbonyl (C=O) groups excluding carboxylic acids is 2. The predicted octanol–water partition coefficient (Wildman–Crippen LogP) is 6.60. The molecule has 0 aliphatic heterocycles. The van der Waals surface area contributed by atoms with E-state index < -0.39 is 34.1 Å². The van der Waals surface area contributed by atoms with Gasteiger partial charge in [-0.1, -0.05) is 76.6 Å². The number of sulfonamides is 1. The summed E-state index contributed by atoms with van der Waals surface area (Å²) in [5, 5.41) is 3.04. The second-order valence-electron chi connectivity index (χ2n) is 11.8. The number of amides is 2. The first kappa shape index (κ1) is 34.7. The van der Waals surface area contributed by atoms with E-state index in [0.29, 0.717) is 18.0 Å². The molecule has 4 rings (SSSR count). The van der Waals surface area contributed by atoms with Crippen LogP contribution in [-0.2, 0) is 32.6 Å². The fraction of sp³-hybridized carbons (Fsp3) is 0.278. The highest BCUT2D eigenvalue weighted by Crippen LogP contribution is 2.27. The Bertz CT molecular complexity index is 1690. The predicted molar refractivity (Wildman–Crippen MR) is 185 cm³/mol. The van der Waals surface area contributed by atoms with Crippen molar-refractivity contribution in [1.29, 1.82) is 0 Å². The van der Waals surface area contributed by atoms with Gasteiger partial charge < -0.3 is 15.0 Å². The topological polar surface area (TPSA) is 96.0 Å². The zero-order valence-corrected chi connectivity index (χ0v) is 28.9. The van der Waals surface area contributed by atoms with Gasteiger partial charge in [0.25, 0.3) is 10.0 Å². The molecule has 0 saturated heterocycles. The van der Waals surface area contributed by atoms with Gasteiger partial charge in [-0.3, -0.25) is 13.9 Å². The average Bonchev–Trinajstić information content (AvgIpc) is 3.03. The molecule has 0 fully saturated rings. The molecule has 46 heavy (non-hydrogen) atoms. The van der Waals surface area contributed by atoms with Crippen molar-refractivity contribution in [3.8, 4) is 5.75 Å². The minimum atomic E-state index is -4.18. The van der Waals surface area contributed by atoms with Gasteiger partial charge in [-0.15, -0.1) is 0 Å². The Morgan fingerprint density at radius 2 is 1.41 bits per heavy atom. The van der Waals surface area contributed by atoms with Crippen molar-refractivity contribution in [2.45, 2.75) is 57.1 Å².